The fraction of sp³-hybridized carbons (Fsp3) is 0.444. The highest BCUT2D eigenvalue weighted by atomic mass is 35.5. The topological polar surface area (TPSA) is 164 Å². The van der Waals surface area contributed by atoms with Crippen molar-refractivity contribution in [1.82, 2.24) is 24.9 Å². The van der Waals surface area contributed by atoms with Gasteiger partial charge in [0.15, 0.2) is 0 Å². The van der Waals surface area contributed by atoms with E-state index in [1.165, 1.54) is 0 Å². The molecule has 3 aromatic carbocycles. The van der Waals surface area contributed by atoms with Gasteiger partial charge < -0.3 is 19.4 Å². The van der Waals surface area contributed by atoms with E-state index >= 15 is 0 Å². The lowest BCUT2D eigenvalue weighted by atomic mass is 9.60. The molecule has 5 heterocycles. The molecule has 15 heteroatoms. The summed E-state index contributed by atoms with van der Waals surface area (Å²) in [6, 6.07) is 17.6. The van der Waals surface area contributed by atoms with Crippen molar-refractivity contribution in [2.24, 2.45) is 5.41 Å². The maximum Gasteiger partial charge on any atom is 0.262 e. The second kappa shape index (κ2) is 14.7. The highest BCUT2D eigenvalue weighted by Crippen LogP contribution is 2.52. The predicted molar refractivity (Wildman–Crippen MR) is 217 cm³/mol. The number of hydrogen-bond acceptors (Lipinski definition) is 10. The lowest BCUT2D eigenvalue weighted by molar-refractivity contribution is -0.136. The van der Waals surface area contributed by atoms with Gasteiger partial charge in [-0.25, -0.2) is 0 Å². The van der Waals surface area contributed by atoms with Crippen molar-refractivity contribution >= 4 is 52.7 Å². The molecule has 14 nitrogen and oxygen atoms in total. The third-order valence-corrected chi connectivity index (χ3v) is 14.2. The van der Waals surface area contributed by atoms with Gasteiger partial charge >= 0.3 is 0 Å². The third-order valence-electron chi connectivity index (χ3n) is 13.9. The number of carbonyl (C=O) groups is 6. The van der Waals surface area contributed by atoms with Gasteiger partial charge in [-0.3, -0.25) is 43.9 Å². The molecule has 5 fully saturated rings. The standard InChI is InChI=1S/C45H44ClN7O7/c46-37-19-33(6-1-27(37)22-47)60-32-7-3-29(4-8-32)52-23-28-17-26(2-9-34(28)42(52)57)41(56)50-15-13-49(14-16-50)31-20-45(21-31)24-51(25-45)30-5-10-35-36(18-30)44(59)53(43(35)58)38-11-12-39(54)48-40(38)55/h1-2,5-6,9-10,17-19,29,31-32,38H,3-4,7-8,11-16,20-21,23-25H2,(H,48,54,55). The minimum absolute atomic E-state index is 0.00150. The average Bonchev–Trinajstić information content (AvgIpc) is 3.68. The number of carbonyl (C=O) groups excluding carboxylic acids is 6. The largest absolute Gasteiger partial charge is 0.490 e. The minimum atomic E-state index is -0.982. The van der Waals surface area contributed by atoms with E-state index < -0.39 is 29.7 Å². The van der Waals surface area contributed by atoms with Crippen molar-refractivity contribution in [3.8, 4) is 11.8 Å². The Bertz CT molecular complexity index is 2400. The number of nitrogens with one attached hydrogen (secondary N) is 1. The lowest BCUT2D eigenvalue weighted by Crippen LogP contribution is -2.68. The molecule has 10 rings (SSSR count). The fourth-order valence-electron chi connectivity index (χ4n) is 10.6. The van der Waals surface area contributed by atoms with Crippen LogP contribution in [-0.2, 0) is 16.1 Å². The molecule has 7 aliphatic rings. The molecular formula is C45H44ClN7O7. The maximum absolute atomic E-state index is 13.7. The van der Waals surface area contributed by atoms with E-state index in [1.54, 1.807) is 36.4 Å². The zero-order valence-electron chi connectivity index (χ0n) is 33.0. The minimum Gasteiger partial charge on any atom is -0.490 e. The van der Waals surface area contributed by atoms with E-state index in [0.717, 1.165) is 80.9 Å². The number of imide groups is 2. The second-order valence-electron chi connectivity index (χ2n) is 17.5. The van der Waals surface area contributed by atoms with Crippen LogP contribution in [0.25, 0.3) is 0 Å². The number of amides is 6. The zero-order valence-corrected chi connectivity index (χ0v) is 33.8. The van der Waals surface area contributed by atoms with Gasteiger partial charge in [0.1, 0.15) is 17.9 Å². The Morgan fingerprint density at radius 3 is 2.25 bits per heavy atom. The Balaban J connectivity index is 0.682. The number of piperazine rings is 1. The molecule has 1 spiro atoms. The molecule has 2 saturated carbocycles. The van der Waals surface area contributed by atoms with Gasteiger partial charge in [-0.1, -0.05) is 11.6 Å². The van der Waals surface area contributed by atoms with Gasteiger partial charge in [-0.2, -0.15) is 5.26 Å². The summed E-state index contributed by atoms with van der Waals surface area (Å²) in [4.78, 5) is 87.4. The third kappa shape index (κ3) is 6.59. The van der Waals surface area contributed by atoms with Gasteiger partial charge in [0.25, 0.3) is 23.6 Å². The summed E-state index contributed by atoms with van der Waals surface area (Å²) < 4.78 is 6.16. The molecule has 0 radical (unpaired) electrons. The molecule has 0 aromatic heterocycles. The zero-order chi connectivity index (χ0) is 41.4. The number of hydrogen-bond donors (Lipinski definition) is 1. The molecule has 3 aromatic rings. The first kappa shape index (κ1) is 38.4. The number of halogens is 1. The summed E-state index contributed by atoms with van der Waals surface area (Å²) >= 11 is 6.19. The number of nitrogens with zero attached hydrogens (tertiary/aromatic N) is 6. The highest BCUT2D eigenvalue weighted by molar-refractivity contribution is 6.31. The highest BCUT2D eigenvalue weighted by Gasteiger charge is 2.54. The van der Waals surface area contributed by atoms with E-state index in [9.17, 15) is 28.8 Å². The van der Waals surface area contributed by atoms with Crippen LogP contribution < -0.4 is 15.0 Å². The van der Waals surface area contributed by atoms with Crippen LogP contribution in [-0.4, -0.2) is 119 Å². The fourth-order valence-corrected chi connectivity index (χ4v) is 10.8. The smallest absolute Gasteiger partial charge is 0.262 e. The molecule has 3 saturated heterocycles. The van der Waals surface area contributed by atoms with Crippen LogP contribution in [0.2, 0.25) is 5.02 Å². The average molecular weight is 830 g/mol. The van der Waals surface area contributed by atoms with Crippen LogP contribution >= 0.6 is 11.6 Å². The quantitative estimate of drug-likeness (QED) is 0.338. The SMILES string of the molecule is N#Cc1ccc(OC2CCC(N3Cc4cc(C(=O)N5CCN(C6CC7(C6)CN(c6ccc8c(c6)C(=O)N(C6CCC(=O)NC6=O)C8=O)C7)CC5)ccc4C3=O)CC2)cc1Cl. The number of rotatable bonds is 7. The van der Waals surface area contributed by atoms with E-state index in [2.05, 4.69) is 21.2 Å². The summed E-state index contributed by atoms with van der Waals surface area (Å²) in [6.07, 6.45) is 5.60. The van der Waals surface area contributed by atoms with Crippen LogP contribution in [0.5, 0.6) is 5.75 Å². The number of anilines is 1. The number of piperidine rings is 1. The van der Waals surface area contributed by atoms with Crippen LogP contribution in [0, 0.1) is 16.7 Å². The van der Waals surface area contributed by atoms with E-state index in [-0.39, 0.29) is 47.8 Å². The summed E-state index contributed by atoms with van der Waals surface area (Å²) in [5.74, 6) is -1.35. The van der Waals surface area contributed by atoms with Crippen molar-refractivity contribution < 1.29 is 33.5 Å². The van der Waals surface area contributed by atoms with Crippen LogP contribution in [0.1, 0.15) is 104 Å². The molecule has 1 atom stereocenters. The molecule has 6 amide bonds. The summed E-state index contributed by atoms with van der Waals surface area (Å²) in [5, 5.41) is 11.8. The molecular weight excluding hydrogens is 786 g/mol. The van der Waals surface area contributed by atoms with Crippen molar-refractivity contribution in [3.63, 3.8) is 0 Å². The van der Waals surface area contributed by atoms with Crippen molar-refractivity contribution in [1.29, 1.82) is 5.26 Å². The Kier molecular flexibility index (Phi) is 9.44. The summed E-state index contributed by atoms with van der Waals surface area (Å²) in [5.41, 5.74) is 4.28. The molecule has 308 valence electrons. The summed E-state index contributed by atoms with van der Waals surface area (Å²) in [6.45, 7) is 5.14. The van der Waals surface area contributed by atoms with Gasteiger partial charge in [-0.15, -0.1) is 0 Å². The normalized spacial score (nSPS) is 25.1. The molecule has 5 aliphatic heterocycles. The van der Waals surface area contributed by atoms with Crippen LogP contribution in [0.3, 0.4) is 0 Å². The predicted octanol–water partition coefficient (Wildman–Crippen LogP) is 4.39. The number of ether oxygens (including phenoxy) is 1. The first-order valence-electron chi connectivity index (χ1n) is 20.9. The first-order valence-corrected chi connectivity index (χ1v) is 21.3. The van der Waals surface area contributed by atoms with Crippen molar-refractivity contribution in [2.75, 3.05) is 44.2 Å². The molecule has 1 N–H and O–H groups in total. The monoisotopic (exact) mass is 829 g/mol. The molecule has 60 heavy (non-hydrogen) atoms. The first-order chi connectivity index (χ1) is 29.0. The maximum atomic E-state index is 13.7. The molecule has 0 bridgehead atoms. The van der Waals surface area contributed by atoms with E-state index in [0.29, 0.717) is 58.7 Å². The van der Waals surface area contributed by atoms with Crippen molar-refractivity contribution in [2.45, 2.75) is 82.1 Å². The number of benzene rings is 3. The second-order valence-corrected chi connectivity index (χ2v) is 17.9. The van der Waals surface area contributed by atoms with Crippen LogP contribution in [0.15, 0.2) is 54.6 Å². The van der Waals surface area contributed by atoms with Gasteiger partial charge in [0.05, 0.1) is 27.8 Å². The van der Waals surface area contributed by atoms with Crippen LogP contribution in [0.4, 0.5) is 5.69 Å². The Morgan fingerprint density at radius 1 is 0.800 bits per heavy atom. The summed E-state index contributed by atoms with van der Waals surface area (Å²) in [7, 11) is 0. The Morgan fingerprint density at radius 2 is 1.53 bits per heavy atom. The molecule has 2 aliphatic carbocycles. The van der Waals surface area contributed by atoms with Crippen molar-refractivity contribution in [3.05, 3.63) is 93.0 Å². The van der Waals surface area contributed by atoms with Gasteiger partial charge in [-0.05, 0) is 99.0 Å². The van der Waals surface area contributed by atoms with Gasteiger partial charge in [0, 0.05) is 92.6 Å². The number of fused-ring (bicyclic) bond motifs is 2. The lowest BCUT2D eigenvalue weighted by Gasteiger charge is -2.62. The molecule has 1 unspecified atom stereocenters. The van der Waals surface area contributed by atoms with E-state index in [4.69, 9.17) is 21.6 Å². The Labute approximate surface area is 351 Å². The van der Waals surface area contributed by atoms with Gasteiger partial charge in [0.2, 0.25) is 11.8 Å². The van der Waals surface area contributed by atoms with E-state index in [1.807, 2.05) is 28.0 Å². The number of nitriles is 1. The Hall–Kier alpha value is -5.78.